The number of hydrogen-bond acceptors (Lipinski definition) is 2. The molecule has 73 heavy (non-hydrogen) atoms. The van der Waals surface area contributed by atoms with Crippen molar-refractivity contribution in [2.24, 2.45) is 0 Å². The molecule has 2 nitrogen and oxygen atoms in total. The number of fused-ring (bicyclic) bond motifs is 15. The molecule has 1 spiro atoms. The van der Waals surface area contributed by atoms with E-state index in [0.29, 0.717) is 0 Å². The largest absolute Gasteiger partial charge is 0.310 e. The van der Waals surface area contributed by atoms with Crippen molar-refractivity contribution in [3.63, 3.8) is 0 Å². The summed E-state index contributed by atoms with van der Waals surface area (Å²) in [6, 6.07) is 100. The van der Waals surface area contributed by atoms with Crippen molar-refractivity contribution in [1.82, 2.24) is 0 Å². The van der Waals surface area contributed by atoms with Crippen LogP contribution < -0.4 is 9.80 Å². The molecule has 0 atom stereocenters. The molecular formula is C71H50N2. The van der Waals surface area contributed by atoms with Gasteiger partial charge >= 0.3 is 0 Å². The molecule has 0 fully saturated rings. The van der Waals surface area contributed by atoms with Gasteiger partial charge in [0.1, 0.15) is 0 Å². The summed E-state index contributed by atoms with van der Waals surface area (Å²) in [6.07, 6.45) is 0. The Morgan fingerprint density at radius 1 is 0.274 bits per heavy atom. The first-order valence-corrected chi connectivity index (χ1v) is 25.7. The average molecular weight is 931 g/mol. The Labute approximate surface area is 427 Å². The van der Waals surface area contributed by atoms with Crippen LogP contribution >= 0.6 is 0 Å². The predicted molar refractivity (Wildman–Crippen MR) is 302 cm³/mol. The number of rotatable bonds is 6. The van der Waals surface area contributed by atoms with Gasteiger partial charge in [0, 0.05) is 28.2 Å². The lowest BCUT2D eigenvalue weighted by atomic mass is 9.64. The Bertz CT molecular complexity index is 3930. The number of benzene rings is 11. The quantitative estimate of drug-likeness (QED) is 0.164. The molecule has 0 saturated carbocycles. The maximum absolute atomic E-state index is 2.54. The number of para-hydroxylation sites is 3. The Morgan fingerprint density at radius 3 is 1.25 bits per heavy atom. The summed E-state index contributed by atoms with van der Waals surface area (Å²) < 4.78 is 0. The molecule has 0 unspecified atom stereocenters. The van der Waals surface area contributed by atoms with E-state index in [2.05, 4.69) is 291 Å². The second kappa shape index (κ2) is 15.5. The Morgan fingerprint density at radius 2 is 0.658 bits per heavy atom. The molecule has 0 radical (unpaired) electrons. The van der Waals surface area contributed by atoms with E-state index >= 15 is 0 Å². The zero-order valence-corrected chi connectivity index (χ0v) is 40.8. The van der Waals surface area contributed by atoms with E-state index < -0.39 is 10.8 Å². The highest BCUT2D eigenvalue weighted by Crippen LogP contribution is 2.64. The lowest BCUT2D eigenvalue weighted by Gasteiger charge is -2.45. The van der Waals surface area contributed by atoms with Crippen LogP contribution in [-0.4, -0.2) is 0 Å². The van der Waals surface area contributed by atoms with Crippen LogP contribution in [0.25, 0.3) is 33.4 Å². The van der Waals surface area contributed by atoms with Crippen molar-refractivity contribution in [1.29, 1.82) is 0 Å². The standard InChI is InChI=1S/C71H50N2/c1-69(2)59-31-15-12-28-53(59)56-41-38-51(45-65(56)69)72(52-39-42-57-54-29-13-16-32-60(54)70(66(57)46-52,47-22-6-3-7-23-47)48-24-8-4-9-25-48)50-40-43-62-58(44-50)55-30-14-17-33-61(55)71(62)63-34-18-20-36-67(63)73(49-26-10-5-11-27-49)68-37-21-19-35-64(68)71/h3-46H,1-2H3. The van der Waals surface area contributed by atoms with Gasteiger partial charge in [0.2, 0.25) is 0 Å². The van der Waals surface area contributed by atoms with Gasteiger partial charge in [0.15, 0.2) is 0 Å². The van der Waals surface area contributed by atoms with Gasteiger partial charge in [-0.15, -0.1) is 0 Å². The third-order valence-electron chi connectivity index (χ3n) is 16.9. The first-order chi connectivity index (χ1) is 36.0. The normalized spacial score (nSPS) is 15.0. The summed E-state index contributed by atoms with van der Waals surface area (Å²) in [5.74, 6) is 0. The van der Waals surface area contributed by atoms with Gasteiger partial charge in [-0.25, -0.2) is 0 Å². The number of anilines is 6. The monoisotopic (exact) mass is 930 g/mol. The second-order valence-corrected chi connectivity index (χ2v) is 20.7. The molecule has 11 aromatic carbocycles. The highest BCUT2D eigenvalue weighted by atomic mass is 15.2. The lowest BCUT2D eigenvalue weighted by molar-refractivity contribution is 0.660. The molecule has 11 aromatic rings. The third-order valence-corrected chi connectivity index (χ3v) is 16.9. The Hall–Kier alpha value is -8.98. The highest BCUT2D eigenvalue weighted by molar-refractivity contribution is 5.98. The molecule has 0 amide bonds. The molecule has 4 aliphatic rings. The van der Waals surface area contributed by atoms with Crippen LogP contribution in [0.5, 0.6) is 0 Å². The van der Waals surface area contributed by atoms with Gasteiger partial charge in [-0.1, -0.05) is 220 Å². The van der Waals surface area contributed by atoms with E-state index in [1.165, 1.54) is 100 Å². The van der Waals surface area contributed by atoms with Gasteiger partial charge in [-0.05, 0) is 150 Å². The van der Waals surface area contributed by atoms with Crippen LogP contribution in [0.15, 0.2) is 267 Å². The van der Waals surface area contributed by atoms with Crippen LogP contribution in [0.2, 0.25) is 0 Å². The fourth-order valence-corrected chi connectivity index (χ4v) is 13.9. The molecule has 0 bridgehead atoms. The van der Waals surface area contributed by atoms with Gasteiger partial charge in [0.05, 0.1) is 22.2 Å². The van der Waals surface area contributed by atoms with Gasteiger partial charge < -0.3 is 9.80 Å². The molecule has 1 aliphatic heterocycles. The summed E-state index contributed by atoms with van der Waals surface area (Å²) in [5.41, 5.74) is 26.3. The first kappa shape index (κ1) is 41.8. The molecule has 0 saturated heterocycles. The smallest absolute Gasteiger partial charge is 0.0754 e. The molecule has 0 aromatic heterocycles. The third kappa shape index (κ3) is 5.58. The zero-order chi connectivity index (χ0) is 48.5. The van der Waals surface area contributed by atoms with Crippen LogP contribution in [0, 0.1) is 0 Å². The van der Waals surface area contributed by atoms with Gasteiger partial charge in [-0.2, -0.15) is 0 Å². The zero-order valence-electron chi connectivity index (χ0n) is 40.8. The van der Waals surface area contributed by atoms with Crippen LogP contribution in [0.4, 0.5) is 34.1 Å². The van der Waals surface area contributed by atoms with Crippen molar-refractivity contribution >= 4 is 34.1 Å². The van der Waals surface area contributed by atoms with Crippen molar-refractivity contribution in [2.45, 2.75) is 30.1 Å². The number of nitrogens with zero attached hydrogens (tertiary/aromatic N) is 2. The predicted octanol–water partition coefficient (Wildman–Crippen LogP) is 18.0. The van der Waals surface area contributed by atoms with Crippen LogP contribution in [0.3, 0.4) is 0 Å². The minimum Gasteiger partial charge on any atom is -0.310 e. The van der Waals surface area contributed by atoms with E-state index in [9.17, 15) is 0 Å². The Balaban J connectivity index is 0.992. The molecule has 3 aliphatic carbocycles. The summed E-state index contributed by atoms with van der Waals surface area (Å²) >= 11 is 0. The van der Waals surface area contributed by atoms with Crippen LogP contribution in [-0.2, 0) is 16.2 Å². The molecular weight excluding hydrogens is 881 g/mol. The van der Waals surface area contributed by atoms with Crippen molar-refractivity contribution < 1.29 is 0 Å². The summed E-state index contributed by atoms with van der Waals surface area (Å²) in [6.45, 7) is 4.77. The average Bonchev–Trinajstić information content (AvgIpc) is 4.00. The van der Waals surface area contributed by atoms with E-state index in [1.807, 2.05) is 0 Å². The van der Waals surface area contributed by atoms with Crippen molar-refractivity contribution in [3.05, 3.63) is 323 Å². The van der Waals surface area contributed by atoms with E-state index in [-0.39, 0.29) is 5.41 Å². The first-order valence-electron chi connectivity index (χ1n) is 25.7. The summed E-state index contributed by atoms with van der Waals surface area (Å²) in [4.78, 5) is 4.99. The van der Waals surface area contributed by atoms with Crippen molar-refractivity contribution in [3.8, 4) is 33.4 Å². The SMILES string of the molecule is CC1(C)c2ccccc2-c2ccc(N(c3ccc4c(c3)-c3ccccc3C43c4ccccc4N(c4ccccc4)c4ccccc43)c3ccc4c(c3)C(c3ccccc3)(c3ccccc3)c3ccccc3-4)cc21. The second-order valence-electron chi connectivity index (χ2n) is 20.7. The Kier molecular flexibility index (Phi) is 8.87. The minimum absolute atomic E-state index is 0.179. The molecule has 344 valence electrons. The molecule has 0 N–H and O–H groups in total. The summed E-state index contributed by atoms with van der Waals surface area (Å²) in [5, 5.41) is 0. The lowest BCUT2D eigenvalue weighted by Crippen LogP contribution is -2.36. The van der Waals surface area contributed by atoms with E-state index in [0.717, 1.165) is 22.7 Å². The molecule has 2 heteroatoms. The fraction of sp³-hybridized carbons (Fsp3) is 0.0704. The van der Waals surface area contributed by atoms with Gasteiger partial charge in [-0.3, -0.25) is 0 Å². The fourth-order valence-electron chi connectivity index (χ4n) is 13.9. The maximum atomic E-state index is 2.54. The number of hydrogen-bond donors (Lipinski definition) is 0. The molecule has 15 rings (SSSR count). The van der Waals surface area contributed by atoms with E-state index in [4.69, 9.17) is 0 Å². The molecule has 1 heterocycles. The van der Waals surface area contributed by atoms with Crippen molar-refractivity contribution in [2.75, 3.05) is 9.80 Å². The minimum atomic E-state index is -0.554. The topological polar surface area (TPSA) is 6.48 Å². The van der Waals surface area contributed by atoms with E-state index in [1.54, 1.807) is 0 Å². The maximum Gasteiger partial charge on any atom is 0.0754 e. The summed E-state index contributed by atoms with van der Waals surface area (Å²) in [7, 11) is 0. The van der Waals surface area contributed by atoms with Gasteiger partial charge in [0.25, 0.3) is 0 Å². The van der Waals surface area contributed by atoms with Crippen LogP contribution in [0.1, 0.15) is 69.5 Å². The highest BCUT2D eigenvalue weighted by Gasteiger charge is 2.52.